The zero-order valence-electron chi connectivity index (χ0n) is 14.5. The number of hydrogen-bond donors (Lipinski definition) is 2. The molecule has 24 heavy (non-hydrogen) atoms. The van der Waals surface area contributed by atoms with Crippen LogP contribution in [0.25, 0.3) is 0 Å². The van der Waals surface area contributed by atoms with Crippen LogP contribution in [0.1, 0.15) is 50.0 Å². The van der Waals surface area contributed by atoms with Gasteiger partial charge in [-0.2, -0.15) is 0 Å². The molecule has 1 aliphatic heterocycles. The Hall–Kier alpha value is -1.39. The third kappa shape index (κ3) is 4.81. The minimum atomic E-state index is -0.286. The molecule has 1 heterocycles. The first kappa shape index (κ1) is 17.4. The number of benzene rings is 1. The van der Waals surface area contributed by atoms with Crippen LogP contribution >= 0.6 is 0 Å². The summed E-state index contributed by atoms with van der Waals surface area (Å²) in [5.41, 5.74) is 1.46. The average Bonchev–Trinajstić information content (AvgIpc) is 2.63. The molecule has 3 rings (SSSR count). The highest BCUT2D eigenvalue weighted by atomic mass is 16.3. The smallest absolute Gasteiger partial charge is 0.223 e. The number of rotatable bonds is 5. The van der Waals surface area contributed by atoms with Crippen LogP contribution in [0.4, 0.5) is 0 Å². The fourth-order valence-electron chi connectivity index (χ4n) is 4.10. The number of nitrogens with one attached hydrogen (secondary N) is 1. The summed E-state index contributed by atoms with van der Waals surface area (Å²) in [6.45, 7) is 3.87. The average molecular weight is 330 g/mol. The fraction of sp³-hybridized carbons (Fsp3) is 0.650. The fourth-order valence-corrected chi connectivity index (χ4v) is 4.10. The van der Waals surface area contributed by atoms with Crippen molar-refractivity contribution < 1.29 is 9.90 Å². The van der Waals surface area contributed by atoms with E-state index in [4.69, 9.17) is 0 Å². The molecule has 2 fully saturated rings. The summed E-state index contributed by atoms with van der Waals surface area (Å²) in [6, 6.07) is 10.8. The number of hydrogen-bond acceptors (Lipinski definition) is 3. The van der Waals surface area contributed by atoms with E-state index in [1.807, 2.05) is 0 Å². The van der Waals surface area contributed by atoms with Gasteiger partial charge in [-0.15, -0.1) is 0 Å². The Morgan fingerprint density at radius 2 is 1.88 bits per heavy atom. The van der Waals surface area contributed by atoms with Crippen molar-refractivity contribution in [3.8, 4) is 0 Å². The van der Waals surface area contributed by atoms with Crippen molar-refractivity contribution in [3.63, 3.8) is 0 Å². The molecule has 0 unspecified atom stereocenters. The Morgan fingerprint density at radius 3 is 2.58 bits per heavy atom. The Labute approximate surface area is 145 Å². The Bertz CT molecular complexity index is 512. The monoisotopic (exact) mass is 330 g/mol. The van der Waals surface area contributed by atoms with Gasteiger partial charge in [0.25, 0.3) is 0 Å². The van der Waals surface area contributed by atoms with Crippen LogP contribution < -0.4 is 5.32 Å². The summed E-state index contributed by atoms with van der Waals surface area (Å²) in [5, 5.41) is 12.8. The van der Waals surface area contributed by atoms with Crippen molar-refractivity contribution in [2.75, 3.05) is 26.2 Å². The van der Waals surface area contributed by atoms with E-state index < -0.39 is 0 Å². The third-order valence-corrected chi connectivity index (χ3v) is 5.60. The molecule has 1 aliphatic carbocycles. The summed E-state index contributed by atoms with van der Waals surface area (Å²) in [5.74, 6) is 0.825. The van der Waals surface area contributed by atoms with Crippen molar-refractivity contribution in [3.05, 3.63) is 35.9 Å². The van der Waals surface area contributed by atoms with E-state index in [0.717, 1.165) is 45.4 Å². The summed E-state index contributed by atoms with van der Waals surface area (Å²) in [7, 11) is 0. The molecule has 2 aliphatic rings. The van der Waals surface area contributed by atoms with E-state index in [0.29, 0.717) is 12.3 Å². The largest absolute Gasteiger partial charge is 0.393 e. The van der Waals surface area contributed by atoms with E-state index in [9.17, 15) is 9.90 Å². The van der Waals surface area contributed by atoms with Gasteiger partial charge in [0.2, 0.25) is 5.91 Å². The molecule has 0 aromatic heterocycles. The minimum absolute atomic E-state index is 0.0116. The lowest BCUT2D eigenvalue weighted by molar-refractivity contribution is -0.127. The standard InChI is InChI=1S/C20H30N2O2/c23-19-8-4-7-18(15-19)20(24)21-11-14-22-12-9-17(10-13-22)16-5-2-1-3-6-16/h1-3,5-6,17-19,23H,4,7-15H2,(H,21,24)/t18-,19+/m1/s1. The second-order valence-corrected chi connectivity index (χ2v) is 7.33. The summed E-state index contributed by atoms with van der Waals surface area (Å²) >= 11 is 0. The van der Waals surface area contributed by atoms with Gasteiger partial charge < -0.3 is 15.3 Å². The van der Waals surface area contributed by atoms with Crippen molar-refractivity contribution in [1.29, 1.82) is 0 Å². The van der Waals surface area contributed by atoms with Gasteiger partial charge in [-0.1, -0.05) is 36.8 Å². The predicted octanol–water partition coefficient (Wildman–Crippen LogP) is 2.53. The predicted molar refractivity (Wildman–Crippen MR) is 95.8 cm³/mol. The molecule has 0 radical (unpaired) electrons. The van der Waals surface area contributed by atoms with E-state index in [2.05, 4.69) is 40.5 Å². The number of likely N-dealkylation sites (tertiary alicyclic amines) is 1. The lowest BCUT2D eigenvalue weighted by Crippen LogP contribution is -2.41. The van der Waals surface area contributed by atoms with Gasteiger partial charge in [-0.25, -0.2) is 0 Å². The van der Waals surface area contributed by atoms with E-state index in [1.165, 1.54) is 18.4 Å². The molecular weight excluding hydrogens is 300 g/mol. The molecule has 4 heteroatoms. The summed E-state index contributed by atoms with van der Waals surface area (Å²) in [4.78, 5) is 14.6. The second kappa shape index (κ2) is 8.63. The molecule has 1 saturated carbocycles. The maximum atomic E-state index is 12.2. The van der Waals surface area contributed by atoms with Crippen LogP contribution in [0.3, 0.4) is 0 Å². The number of carbonyl (C=O) groups is 1. The molecule has 132 valence electrons. The Kier molecular flexibility index (Phi) is 6.27. The molecule has 0 bridgehead atoms. The normalized spacial score (nSPS) is 26.2. The maximum Gasteiger partial charge on any atom is 0.223 e. The van der Waals surface area contributed by atoms with Crippen LogP contribution in [-0.2, 0) is 4.79 Å². The number of carbonyl (C=O) groups excluding carboxylic acids is 1. The molecule has 2 N–H and O–H groups in total. The van der Waals surface area contributed by atoms with Crippen molar-refractivity contribution in [2.24, 2.45) is 5.92 Å². The summed E-state index contributed by atoms with van der Waals surface area (Å²) < 4.78 is 0. The molecule has 1 amide bonds. The second-order valence-electron chi connectivity index (χ2n) is 7.33. The molecule has 0 spiro atoms. The van der Waals surface area contributed by atoms with Gasteiger partial charge in [-0.05, 0) is 56.7 Å². The minimum Gasteiger partial charge on any atom is -0.393 e. The van der Waals surface area contributed by atoms with Gasteiger partial charge >= 0.3 is 0 Å². The number of nitrogens with zero attached hydrogens (tertiary/aromatic N) is 1. The Morgan fingerprint density at radius 1 is 1.12 bits per heavy atom. The van der Waals surface area contributed by atoms with Crippen molar-refractivity contribution in [1.82, 2.24) is 10.2 Å². The van der Waals surface area contributed by atoms with Crippen LogP contribution in [0.15, 0.2) is 30.3 Å². The van der Waals surface area contributed by atoms with Crippen LogP contribution in [0.5, 0.6) is 0 Å². The molecule has 1 saturated heterocycles. The molecule has 1 aromatic rings. The SMILES string of the molecule is O=C(NCCN1CCC(c2ccccc2)CC1)[C@@H]1CCC[C@H](O)C1. The summed E-state index contributed by atoms with van der Waals surface area (Å²) in [6.07, 6.45) is 5.48. The van der Waals surface area contributed by atoms with Gasteiger partial charge in [-0.3, -0.25) is 4.79 Å². The number of amides is 1. The molecular formula is C20H30N2O2. The third-order valence-electron chi connectivity index (χ3n) is 5.60. The number of aliphatic hydroxyl groups is 1. The van der Waals surface area contributed by atoms with E-state index in [-0.39, 0.29) is 17.9 Å². The highest BCUT2D eigenvalue weighted by Crippen LogP contribution is 2.27. The van der Waals surface area contributed by atoms with Crippen LogP contribution in [0, 0.1) is 5.92 Å². The van der Waals surface area contributed by atoms with Gasteiger partial charge in [0.05, 0.1) is 6.10 Å². The van der Waals surface area contributed by atoms with Crippen molar-refractivity contribution in [2.45, 2.75) is 50.5 Å². The molecule has 2 atom stereocenters. The first-order valence-electron chi connectivity index (χ1n) is 9.45. The van der Waals surface area contributed by atoms with E-state index >= 15 is 0 Å². The van der Waals surface area contributed by atoms with Gasteiger partial charge in [0, 0.05) is 19.0 Å². The van der Waals surface area contributed by atoms with Crippen LogP contribution in [-0.4, -0.2) is 48.2 Å². The highest BCUT2D eigenvalue weighted by molar-refractivity contribution is 5.78. The molecule has 4 nitrogen and oxygen atoms in total. The molecule has 1 aromatic carbocycles. The number of piperidine rings is 1. The first-order chi connectivity index (χ1) is 11.7. The lowest BCUT2D eigenvalue weighted by Gasteiger charge is -2.32. The zero-order valence-corrected chi connectivity index (χ0v) is 14.5. The zero-order chi connectivity index (χ0) is 16.8. The van der Waals surface area contributed by atoms with E-state index in [1.54, 1.807) is 0 Å². The maximum absolute atomic E-state index is 12.2. The highest BCUT2D eigenvalue weighted by Gasteiger charge is 2.26. The first-order valence-corrected chi connectivity index (χ1v) is 9.45. The number of aliphatic hydroxyl groups excluding tert-OH is 1. The topological polar surface area (TPSA) is 52.6 Å². The van der Waals surface area contributed by atoms with Crippen molar-refractivity contribution >= 4 is 5.91 Å². The van der Waals surface area contributed by atoms with Gasteiger partial charge in [0.1, 0.15) is 0 Å². The Balaban J connectivity index is 1.34. The quantitative estimate of drug-likeness (QED) is 0.872. The lowest BCUT2D eigenvalue weighted by atomic mass is 9.87. The van der Waals surface area contributed by atoms with Crippen LogP contribution in [0.2, 0.25) is 0 Å². The van der Waals surface area contributed by atoms with Gasteiger partial charge in [0.15, 0.2) is 0 Å².